The first-order valence-electron chi connectivity index (χ1n) is 5.08. The average molecular weight is 205 g/mol. The van der Waals surface area contributed by atoms with Crippen molar-refractivity contribution in [3.05, 3.63) is 0 Å². The third-order valence-corrected chi connectivity index (χ3v) is 4.37. The predicted octanol–water partition coefficient (Wildman–Crippen LogP) is 0.953. The van der Waals surface area contributed by atoms with E-state index in [0.717, 1.165) is 19.4 Å². The Morgan fingerprint density at radius 2 is 2.15 bits per heavy atom. The SMILES string of the molecule is CCS(=O)(=O)CC[C@@H]1CCCCN1. The van der Waals surface area contributed by atoms with E-state index in [1.807, 2.05) is 0 Å². The Labute approximate surface area is 80.8 Å². The van der Waals surface area contributed by atoms with Gasteiger partial charge in [0.05, 0.1) is 5.75 Å². The lowest BCUT2D eigenvalue weighted by Gasteiger charge is -2.22. The van der Waals surface area contributed by atoms with Gasteiger partial charge in [0.25, 0.3) is 0 Å². The highest BCUT2D eigenvalue weighted by molar-refractivity contribution is 7.91. The van der Waals surface area contributed by atoms with Gasteiger partial charge in [-0.2, -0.15) is 0 Å². The second-order valence-corrected chi connectivity index (χ2v) is 6.14. The summed E-state index contributed by atoms with van der Waals surface area (Å²) in [6.07, 6.45) is 4.40. The minimum absolute atomic E-state index is 0.278. The van der Waals surface area contributed by atoms with Gasteiger partial charge in [-0.1, -0.05) is 13.3 Å². The minimum Gasteiger partial charge on any atom is -0.314 e. The van der Waals surface area contributed by atoms with Crippen LogP contribution in [0.5, 0.6) is 0 Å². The quantitative estimate of drug-likeness (QED) is 0.743. The maximum Gasteiger partial charge on any atom is 0.150 e. The van der Waals surface area contributed by atoms with Crippen LogP contribution in [-0.2, 0) is 9.84 Å². The van der Waals surface area contributed by atoms with E-state index in [-0.39, 0.29) is 5.75 Å². The first kappa shape index (κ1) is 11.0. The van der Waals surface area contributed by atoms with Crippen molar-refractivity contribution in [2.45, 2.75) is 38.6 Å². The van der Waals surface area contributed by atoms with Crippen LogP contribution in [0.1, 0.15) is 32.6 Å². The van der Waals surface area contributed by atoms with Crippen LogP contribution in [0.15, 0.2) is 0 Å². The second kappa shape index (κ2) is 4.96. The monoisotopic (exact) mass is 205 g/mol. The van der Waals surface area contributed by atoms with Crippen LogP contribution in [0.2, 0.25) is 0 Å². The first-order valence-corrected chi connectivity index (χ1v) is 6.90. The summed E-state index contributed by atoms with van der Waals surface area (Å²) in [5.74, 6) is 0.626. The molecular formula is C9H19NO2S. The molecule has 1 rings (SSSR count). The number of sulfone groups is 1. The van der Waals surface area contributed by atoms with Crippen LogP contribution in [0, 0.1) is 0 Å². The van der Waals surface area contributed by atoms with Crippen molar-refractivity contribution < 1.29 is 8.42 Å². The lowest BCUT2D eigenvalue weighted by molar-refractivity contribution is 0.392. The van der Waals surface area contributed by atoms with Gasteiger partial charge in [-0.15, -0.1) is 0 Å². The zero-order chi connectivity index (χ0) is 9.73. The summed E-state index contributed by atoms with van der Waals surface area (Å²) in [6, 6.07) is 0.440. The smallest absolute Gasteiger partial charge is 0.150 e. The minimum atomic E-state index is -2.76. The molecule has 4 heteroatoms. The Kier molecular flexibility index (Phi) is 4.19. The van der Waals surface area contributed by atoms with E-state index in [1.54, 1.807) is 6.92 Å². The van der Waals surface area contributed by atoms with Crippen molar-refractivity contribution in [1.82, 2.24) is 5.32 Å². The van der Waals surface area contributed by atoms with Crippen molar-refractivity contribution >= 4 is 9.84 Å². The molecule has 0 unspecified atom stereocenters. The zero-order valence-electron chi connectivity index (χ0n) is 8.25. The van der Waals surface area contributed by atoms with E-state index >= 15 is 0 Å². The molecular weight excluding hydrogens is 186 g/mol. The summed E-state index contributed by atoms with van der Waals surface area (Å²) in [5, 5.41) is 3.35. The Balaban J connectivity index is 2.25. The highest BCUT2D eigenvalue weighted by Gasteiger charge is 2.15. The predicted molar refractivity (Wildman–Crippen MR) is 54.6 cm³/mol. The van der Waals surface area contributed by atoms with E-state index in [9.17, 15) is 8.42 Å². The summed E-state index contributed by atoms with van der Waals surface area (Å²) in [6.45, 7) is 2.76. The lowest BCUT2D eigenvalue weighted by Crippen LogP contribution is -2.35. The lowest BCUT2D eigenvalue weighted by atomic mass is 10.0. The van der Waals surface area contributed by atoms with Crippen LogP contribution in [-0.4, -0.2) is 32.5 Å². The second-order valence-electron chi connectivity index (χ2n) is 3.67. The molecule has 0 aliphatic carbocycles. The molecule has 0 saturated carbocycles. The van der Waals surface area contributed by atoms with Crippen LogP contribution >= 0.6 is 0 Å². The summed E-state index contributed by atoms with van der Waals surface area (Å²) in [7, 11) is -2.76. The van der Waals surface area contributed by atoms with E-state index in [0.29, 0.717) is 11.8 Å². The summed E-state index contributed by atoms with van der Waals surface area (Å²) < 4.78 is 22.4. The highest BCUT2D eigenvalue weighted by Crippen LogP contribution is 2.11. The molecule has 0 spiro atoms. The van der Waals surface area contributed by atoms with Crippen LogP contribution in [0.4, 0.5) is 0 Å². The highest BCUT2D eigenvalue weighted by atomic mass is 32.2. The van der Waals surface area contributed by atoms with Gasteiger partial charge in [0, 0.05) is 11.8 Å². The van der Waals surface area contributed by atoms with Gasteiger partial charge < -0.3 is 5.32 Å². The fourth-order valence-electron chi connectivity index (χ4n) is 1.64. The van der Waals surface area contributed by atoms with Crippen LogP contribution in [0.25, 0.3) is 0 Å². The molecule has 0 aromatic carbocycles. The number of piperidine rings is 1. The summed E-state index contributed by atoms with van der Waals surface area (Å²) >= 11 is 0. The summed E-state index contributed by atoms with van der Waals surface area (Å²) in [4.78, 5) is 0. The number of nitrogens with one attached hydrogen (secondary N) is 1. The molecule has 0 bridgehead atoms. The molecule has 0 amide bonds. The van der Waals surface area contributed by atoms with Crippen molar-refractivity contribution in [2.24, 2.45) is 0 Å². The fraction of sp³-hybridized carbons (Fsp3) is 1.00. The van der Waals surface area contributed by atoms with E-state index in [4.69, 9.17) is 0 Å². The number of hydrogen-bond donors (Lipinski definition) is 1. The normalized spacial score (nSPS) is 24.5. The third-order valence-electron chi connectivity index (χ3n) is 2.63. The van der Waals surface area contributed by atoms with Crippen LogP contribution in [0.3, 0.4) is 0 Å². The topological polar surface area (TPSA) is 46.2 Å². The Morgan fingerprint density at radius 1 is 1.38 bits per heavy atom. The molecule has 1 saturated heterocycles. The van der Waals surface area contributed by atoms with Gasteiger partial charge in [-0.3, -0.25) is 0 Å². The molecule has 0 aromatic heterocycles. The molecule has 0 aromatic rings. The fourth-order valence-corrected chi connectivity index (χ4v) is 2.57. The number of hydrogen-bond acceptors (Lipinski definition) is 3. The third kappa shape index (κ3) is 4.09. The van der Waals surface area contributed by atoms with Crippen molar-refractivity contribution in [3.63, 3.8) is 0 Å². The first-order chi connectivity index (χ1) is 6.14. The molecule has 1 fully saturated rings. The maximum atomic E-state index is 11.2. The molecule has 0 radical (unpaired) electrons. The van der Waals surface area contributed by atoms with Gasteiger partial charge >= 0.3 is 0 Å². The molecule has 1 heterocycles. The van der Waals surface area contributed by atoms with E-state index in [1.165, 1.54) is 12.8 Å². The van der Waals surface area contributed by atoms with Gasteiger partial charge in [-0.25, -0.2) is 8.42 Å². The average Bonchev–Trinajstić information content (AvgIpc) is 2.17. The standard InChI is InChI=1S/C9H19NO2S/c1-2-13(11,12)8-6-9-5-3-4-7-10-9/h9-10H,2-8H2,1H3/t9-/m0/s1. The molecule has 1 atom stereocenters. The Morgan fingerprint density at radius 3 is 2.69 bits per heavy atom. The van der Waals surface area contributed by atoms with E-state index in [2.05, 4.69) is 5.32 Å². The Bertz CT molecular complexity index is 230. The molecule has 3 nitrogen and oxygen atoms in total. The molecule has 1 aliphatic heterocycles. The van der Waals surface area contributed by atoms with Gasteiger partial charge in [-0.05, 0) is 25.8 Å². The van der Waals surface area contributed by atoms with Crippen molar-refractivity contribution in [1.29, 1.82) is 0 Å². The van der Waals surface area contributed by atoms with Gasteiger partial charge in [0.1, 0.15) is 9.84 Å². The van der Waals surface area contributed by atoms with Crippen molar-refractivity contribution in [3.8, 4) is 0 Å². The zero-order valence-corrected chi connectivity index (χ0v) is 9.07. The van der Waals surface area contributed by atoms with Gasteiger partial charge in [0.2, 0.25) is 0 Å². The van der Waals surface area contributed by atoms with Gasteiger partial charge in [0.15, 0.2) is 0 Å². The maximum absolute atomic E-state index is 11.2. The van der Waals surface area contributed by atoms with Crippen LogP contribution < -0.4 is 5.32 Å². The molecule has 1 N–H and O–H groups in total. The Hall–Kier alpha value is -0.0900. The number of rotatable bonds is 4. The molecule has 78 valence electrons. The largest absolute Gasteiger partial charge is 0.314 e. The molecule has 13 heavy (non-hydrogen) atoms. The summed E-state index contributed by atoms with van der Waals surface area (Å²) in [5.41, 5.74) is 0. The van der Waals surface area contributed by atoms with E-state index < -0.39 is 9.84 Å². The molecule has 1 aliphatic rings. The van der Waals surface area contributed by atoms with Crippen molar-refractivity contribution in [2.75, 3.05) is 18.1 Å².